The van der Waals surface area contributed by atoms with Gasteiger partial charge < -0.3 is 4.74 Å². The van der Waals surface area contributed by atoms with E-state index in [0.717, 1.165) is 6.42 Å². The number of nitrogens with zero attached hydrogens (tertiary/aromatic N) is 2. The van der Waals surface area contributed by atoms with Gasteiger partial charge in [0.25, 0.3) is 0 Å². The van der Waals surface area contributed by atoms with E-state index in [1.165, 1.54) is 0 Å². The van der Waals surface area contributed by atoms with E-state index < -0.39 is 17.0 Å². The number of rotatable bonds is 4. The molecule has 0 saturated carbocycles. The molecule has 7 heteroatoms. The number of ether oxygens (including phenoxy) is 1. The Kier molecular flexibility index (Phi) is 4.02. The minimum absolute atomic E-state index is 0.246. The highest BCUT2D eigenvalue weighted by Gasteiger charge is 2.28. The monoisotopic (exact) mass is 216 g/mol. The lowest BCUT2D eigenvalue weighted by atomic mass is 10.1. The van der Waals surface area contributed by atoms with Crippen LogP contribution in [0.4, 0.5) is 0 Å². The number of hydrogen-bond donors (Lipinski definition) is 0. The van der Waals surface area contributed by atoms with Crippen molar-refractivity contribution >= 4 is 11.9 Å². The predicted octanol–water partition coefficient (Wildman–Crippen LogP) is 0.566. The van der Waals surface area contributed by atoms with Crippen molar-refractivity contribution < 1.29 is 19.5 Å². The molecule has 0 radical (unpaired) electrons. The van der Waals surface area contributed by atoms with Crippen LogP contribution >= 0.6 is 0 Å². The van der Waals surface area contributed by atoms with E-state index in [4.69, 9.17) is 4.74 Å². The van der Waals surface area contributed by atoms with Gasteiger partial charge in [-0.2, -0.15) is 0 Å². The molecule has 0 aliphatic carbocycles. The molecule has 1 rings (SSSR count). The summed E-state index contributed by atoms with van der Waals surface area (Å²) in [5.41, 5.74) is 0. The topological polar surface area (TPSA) is 91.0 Å². The second-order valence-electron chi connectivity index (χ2n) is 3.02. The molecule has 1 aliphatic rings. The molecule has 7 nitrogen and oxygen atoms in total. The van der Waals surface area contributed by atoms with Crippen molar-refractivity contribution in [1.82, 2.24) is 0 Å². The fourth-order valence-corrected chi connectivity index (χ4v) is 1.27. The molecule has 0 aromatic heterocycles. The van der Waals surface area contributed by atoms with Crippen LogP contribution in [0.15, 0.2) is 4.99 Å². The summed E-state index contributed by atoms with van der Waals surface area (Å²) >= 11 is 0. The van der Waals surface area contributed by atoms with Crippen molar-refractivity contribution in [2.24, 2.45) is 10.9 Å². The number of hydrogen-bond acceptors (Lipinski definition) is 6. The summed E-state index contributed by atoms with van der Waals surface area (Å²) in [6.07, 6.45) is 1.16. The number of aliphatic imine (C=N–C) groups is 1. The van der Waals surface area contributed by atoms with Crippen molar-refractivity contribution in [3.8, 4) is 0 Å². The van der Waals surface area contributed by atoms with Crippen molar-refractivity contribution in [2.45, 2.75) is 19.8 Å². The first-order chi connectivity index (χ1) is 7.15. The lowest BCUT2D eigenvalue weighted by Crippen LogP contribution is -2.31. The summed E-state index contributed by atoms with van der Waals surface area (Å²) in [7, 11) is 0. The van der Waals surface area contributed by atoms with Crippen LogP contribution in [0.2, 0.25) is 0 Å². The van der Waals surface area contributed by atoms with Crippen molar-refractivity contribution in [2.75, 3.05) is 13.2 Å². The molecule has 0 spiro atoms. The van der Waals surface area contributed by atoms with Gasteiger partial charge in [-0.05, 0) is 6.42 Å². The minimum atomic E-state index is -1.12. The summed E-state index contributed by atoms with van der Waals surface area (Å²) in [5, 5.41) is 8.88. The van der Waals surface area contributed by atoms with Gasteiger partial charge in [0, 0.05) is 13.0 Å². The van der Waals surface area contributed by atoms with E-state index in [9.17, 15) is 14.9 Å². The van der Waals surface area contributed by atoms with Gasteiger partial charge in [-0.15, -0.1) is 10.1 Å². The largest absolute Gasteiger partial charge is 0.480 e. The minimum Gasteiger partial charge on any atom is -0.480 e. The third-order valence-corrected chi connectivity index (χ3v) is 1.98. The second kappa shape index (κ2) is 5.28. The second-order valence-corrected chi connectivity index (χ2v) is 3.02. The van der Waals surface area contributed by atoms with E-state index >= 15 is 0 Å². The number of carbonyl (C=O) groups is 1. The Bertz CT molecular complexity index is 289. The molecular formula is C8H12N2O5. The molecule has 0 N–H and O–H groups in total. The van der Waals surface area contributed by atoms with Crippen LogP contribution in [0.5, 0.6) is 0 Å². The first-order valence-corrected chi connectivity index (χ1v) is 4.68. The fraction of sp³-hybridized carbons (Fsp3) is 0.750. The molecule has 0 aromatic rings. The standard InChI is InChI=1S/C8H12N2O5/c1-2-6(8(11)15-10(12)13)7-9-4-3-5-14-7/h6H,2-5H2,1H3. The SMILES string of the molecule is CCC(C(=O)O[N+](=O)[O-])C1=NCCCO1. The molecule has 0 aromatic carbocycles. The Hall–Kier alpha value is -1.66. The third-order valence-electron chi connectivity index (χ3n) is 1.98. The van der Waals surface area contributed by atoms with Crippen molar-refractivity contribution in [3.05, 3.63) is 10.1 Å². The van der Waals surface area contributed by atoms with Crippen LogP contribution in [-0.2, 0) is 14.4 Å². The Balaban J connectivity index is 2.65. The summed E-state index contributed by atoms with van der Waals surface area (Å²) in [4.78, 5) is 29.1. The van der Waals surface area contributed by atoms with E-state index in [1.54, 1.807) is 6.92 Å². The van der Waals surface area contributed by atoms with Gasteiger partial charge >= 0.3 is 11.1 Å². The summed E-state index contributed by atoms with van der Waals surface area (Å²) in [6.45, 7) is 2.78. The third kappa shape index (κ3) is 3.19. The van der Waals surface area contributed by atoms with Crippen LogP contribution in [0.1, 0.15) is 19.8 Å². The number of carbonyl (C=O) groups excluding carboxylic acids is 1. The molecule has 15 heavy (non-hydrogen) atoms. The molecule has 0 bridgehead atoms. The lowest BCUT2D eigenvalue weighted by molar-refractivity contribution is -0.730. The average Bonchev–Trinajstić information content (AvgIpc) is 2.19. The maximum Gasteiger partial charge on any atom is 0.316 e. The summed E-state index contributed by atoms with van der Waals surface area (Å²) < 4.78 is 5.16. The van der Waals surface area contributed by atoms with Gasteiger partial charge in [-0.1, -0.05) is 6.92 Å². The normalized spacial score (nSPS) is 17.3. The molecule has 0 amide bonds. The van der Waals surface area contributed by atoms with Gasteiger partial charge in [-0.3, -0.25) is 9.79 Å². The zero-order valence-corrected chi connectivity index (χ0v) is 8.34. The summed E-state index contributed by atoms with van der Waals surface area (Å²) in [6, 6.07) is 0. The molecular weight excluding hydrogens is 204 g/mol. The zero-order chi connectivity index (χ0) is 11.3. The quantitative estimate of drug-likeness (QED) is 0.506. The van der Waals surface area contributed by atoms with Crippen molar-refractivity contribution in [1.29, 1.82) is 0 Å². The van der Waals surface area contributed by atoms with E-state index in [2.05, 4.69) is 9.83 Å². The predicted molar refractivity (Wildman–Crippen MR) is 49.7 cm³/mol. The average molecular weight is 216 g/mol. The molecule has 0 saturated heterocycles. The van der Waals surface area contributed by atoms with Gasteiger partial charge in [0.05, 0.1) is 6.61 Å². The zero-order valence-electron chi connectivity index (χ0n) is 8.34. The van der Waals surface area contributed by atoms with Crippen LogP contribution < -0.4 is 0 Å². The maximum atomic E-state index is 11.3. The van der Waals surface area contributed by atoms with E-state index in [0.29, 0.717) is 19.6 Å². The molecule has 1 unspecified atom stereocenters. The van der Waals surface area contributed by atoms with Gasteiger partial charge in [0.15, 0.2) is 5.90 Å². The highest BCUT2D eigenvalue weighted by Crippen LogP contribution is 2.13. The Labute approximate surface area is 86.2 Å². The van der Waals surface area contributed by atoms with Crippen LogP contribution in [-0.4, -0.2) is 30.1 Å². The van der Waals surface area contributed by atoms with Crippen molar-refractivity contribution in [3.63, 3.8) is 0 Å². The van der Waals surface area contributed by atoms with Crippen LogP contribution in [0.25, 0.3) is 0 Å². The molecule has 1 aliphatic heterocycles. The highest BCUT2D eigenvalue weighted by atomic mass is 17.0. The van der Waals surface area contributed by atoms with Gasteiger partial charge in [0.1, 0.15) is 5.92 Å². The first-order valence-electron chi connectivity index (χ1n) is 4.68. The highest BCUT2D eigenvalue weighted by molar-refractivity contribution is 5.97. The summed E-state index contributed by atoms with van der Waals surface area (Å²) in [5.74, 6) is -1.45. The smallest absolute Gasteiger partial charge is 0.316 e. The van der Waals surface area contributed by atoms with Gasteiger partial charge in [-0.25, -0.2) is 4.84 Å². The Morgan fingerprint density at radius 1 is 1.80 bits per heavy atom. The molecule has 1 atom stereocenters. The molecule has 84 valence electrons. The maximum absolute atomic E-state index is 11.3. The van der Waals surface area contributed by atoms with E-state index in [-0.39, 0.29) is 5.90 Å². The first kappa shape index (κ1) is 11.4. The van der Waals surface area contributed by atoms with Crippen LogP contribution in [0, 0.1) is 16.0 Å². The molecule has 1 heterocycles. The van der Waals surface area contributed by atoms with E-state index in [1.807, 2.05) is 0 Å². The van der Waals surface area contributed by atoms with Gasteiger partial charge in [0.2, 0.25) is 0 Å². The Morgan fingerprint density at radius 3 is 3.00 bits per heavy atom. The Morgan fingerprint density at radius 2 is 2.53 bits per heavy atom. The van der Waals surface area contributed by atoms with Crippen LogP contribution in [0.3, 0.4) is 0 Å². The molecule has 0 fully saturated rings. The lowest BCUT2D eigenvalue weighted by Gasteiger charge is -2.19. The fourth-order valence-electron chi connectivity index (χ4n) is 1.27.